The van der Waals surface area contributed by atoms with Gasteiger partial charge in [0.1, 0.15) is 0 Å². The van der Waals surface area contributed by atoms with Crippen LogP contribution in [0.1, 0.15) is 6.42 Å². The van der Waals surface area contributed by atoms with E-state index in [0.717, 1.165) is 23.5 Å². The summed E-state index contributed by atoms with van der Waals surface area (Å²) in [7, 11) is 0. The smallest absolute Gasteiger partial charge is 0.0559 e. The number of rotatable bonds is 10. The van der Waals surface area contributed by atoms with Crippen molar-refractivity contribution in [2.24, 2.45) is 0 Å². The van der Waals surface area contributed by atoms with Crippen molar-refractivity contribution in [3.05, 3.63) is 231 Å². The minimum atomic E-state index is 0.191. The van der Waals surface area contributed by atoms with Crippen molar-refractivity contribution in [3.63, 3.8) is 0 Å². The zero-order valence-corrected chi connectivity index (χ0v) is 31.2. The van der Waals surface area contributed by atoms with Gasteiger partial charge >= 0.3 is 0 Å². The summed E-state index contributed by atoms with van der Waals surface area (Å²) < 4.78 is 0. The fourth-order valence-electron chi connectivity index (χ4n) is 7.80. The number of benzene rings is 8. The lowest BCUT2D eigenvalue weighted by molar-refractivity contribution is 0.785. The van der Waals surface area contributed by atoms with Crippen LogP contribution in [0, 0.1) is 0 Å². The molecule has 268 valence electrons. The molecule has 56 heavy (non-hydrogen) atoms. The van der Waals surface area contributed by atoms with Gasteiger partial charge in [-0.05, 0) is 117 Å². The van der Waals surface area contributed by atoms with Gasteiger partial charge in [-0.15, -0.1) is 0 Å². The van der Waals surface area contributed by atoms with E-state index in [1.807, 2.05) is 6.07 Å². The van der Waals surface area contributed by atoms with E-state index in [-0.39, 0.29) is 6.04 Å². The van der Waals surface area contributed by atoms with E-state index in [4.69, 9.17) is 0 Å². The van der Waals surface area contributed by atoms with E-state index >= 15 is 0 Å². The van der Waals surface area contributed by atoms with Crippen molar-refractivity contribution in [2.45, 2.75) is 12.5 Å². The molecule has 1 N–H and O–H groups in total. The molecule has 2 heteroatoms. The van der Waals surface area contributed by atoms with Crippen LogP contribution in [0.2, 0.25) is 0 Å². The lowest BCUT2D eigenvalue weighted by Crippen LogP contribution is -2.29. The molecule has 1 aliphatic carbocycles. The molecular formula is C54H42N2. The third kappa shape index (κ3) is 7.46. The van der Waals surface area contributed by atoms with Crippen LogP contribution < -0.4 is 10.2 Å². The van der Waals surface area contributed by atoms with Crippen LogP contribution in [0.5, 0.6) is 0 Å². The second-order valence-corrected chi connectivity index (χ2v) is 14.2. The van der Waals surface area contributed by atoms with Crippen LogP contribution in [0.15, 0.2) is 231 Å². The van der Waals surface area contributed by atoms with Crippen LogP contribution in [-0.4, -0.2) is 6.04 Å². The van der Waals surface area contributed by atoms with E-state index in [1.54, 1.807) is 0 Å². The first-order valence-electron chi connectivity index (χ1n) is 19.4. The van der Waals surface area contributed by atoms with E-state index in [0.29, 0.717) is 0 Å². The minimum Gasteiger partial charge on any atom is -0.356 e. The highest BCUT2D eigenvalue weighted by Gasteiger charge is 2.21. The minimum absolute atomic E-state index is 0.191. The molecule has 0 saturated heterocycles. The Balaban J connectivity index is 1.13. The molecule has 0 spiro atoms. The molecule has 0 aliphatic heterocycles. The Bertz CT molecular complexity index is 2610. The zero-order chi connectivity index (χ0) is 37.5. The van der Waals surface area contributed by atoms with Gasteiger partial charge in [0.15, 0.2) is 0 Å². The first-order chi connectivity index (χ1) is 27.8. The van der Waals surface area contributed by atoms with E-state index in [1.165, 1.54) is 61.3 Å². The Morgan fingerprint density at radius 1 is 0.357 bits per heavy atom. The van der Waals surface area contributed by atoms with Crippen LogP contribution in [0.25, 0.3) is 55.6 Å². The standard InChI is InChI=1S/C54H42N2/c1-6-17-40(18-7-1)41-29-32-49(33-30-41)56(48-27-14-5-15-28-48)50-34-36-52(54(39-50)43-21-10-3-11-22-43)45-24-16-23-44(37-45)51-35-31-47(55-46-25-12-4-13-26-46)38-53(51)42-19-8-2-9-20-42/h1-27,29-39,48,55H,28H2. The van der Waals surface area contributed by atoms with Gasteiger partial charge in [0.2, 0.25) is 0 Å². The maximum atomic E-state index is 3.60. The summed E-state index contributed by atoms with van der Waals surface area (Å²) >= 11 is 0. The molecule has 0 fully saturated rings. The van der Waals surface area contributed by atoms with Crippen LogP contribution in [0.3, 0.4) is 0 Å². The van der Waals surface area contributed by atoms with Crippen molar-refractivity contribution >= 4 is 22.7 Å². The maximum absolute atomic E-state index is 3.60. The highest BCUT2D eigenvalue weighted by Crippen LogP contribution is 2.42. The lowest BCUT2D eigenvalue weighted by atomic mass is 9.89. The summed E-state index contributed by atoms with van der Waals surface area (Å²) in [6.45, 7) is 0. The van der Waals surface area contributed by atoms with Crippen molar-refractivity contribution in [2.75, 3.05) is 10.2 Å². The molecule has 8 aromatic rings. The Morgan fingerprint density at radius 2 is 0.875 bits per heavy atom. The molecule has 0 saturated carbocycles. The first kappa shape index (κ1) is 34.6. The fraction of sp³-hybridized carbons (Fsp3) is 0.0370. The van der Waals surface area contributed by atoms with Crippen molar-refractivity contribution in [1.82, 2.24) is 0 Å². The number of nitrogens with one attached hydrogen (secondary N) is 1. The Morgan fingerprint density at radius 3 is 1.48 bits per heavy atom. The number of hydrogen-bond donors (Lipinski definition) is 1. The van der Waals surface area contributed by atoms with Gasteiger partial charge in [-0.25, -0.2) is 0 Å². The predicted octanol–water partition coefficient (Wildman–Crippen LogP) is 14.8. The molecule has 0 aromatic heterocycles. The average Bonchev–Trinajstić information content (AvgIpc) is 3.28. The van der Waals surface area contributed by atoms with E-state index < -0.39 is 0 Å². The van der Waals surface area contributed by atoms with Gasteiger partial charge < -0.3 is 10.2 Å². The molecule has 8 aromatic carbocycles. The van der Waals surface area contributed by atoms with Crippen molar-refractivity contribution < 1.29 is 0 Å². The Hall–Kier alpha value is -7.16. The van der Waals surface area contributed by atoms with Gasteiger partial charge in [0.25, 0.3) is 0 Å². The summed E-state index contributed by atoms with van der Waals surface area (Å²) in [5.41, 5.74) is 16.4. The molecule has 0 radical (unpaired) electrons. The summed E-state index contributed by atoms with van der Waals surface area (Å²) in [6.07, 6.45) is 9.84. The third-order valence-corrected chi connectivity index (χ3v) is 10.6. The fourth-order valence-corrected chi connectivity index (χ4v) is 7.80. The maximum Gasteiger partial charge on any atom is 0.0559 e. The number of nitrogens with zero attached hydrogens (tertiary/aromatic N) is 1. The Kier molecular flexibility index (Phi) is 9.92. The molecule has 1 atom stereocenters. The van der Waals surface area contributed by atoms with Gasteiger partial charge in [0, 0.05) is 22.7 Å². The van der Waals surface area contributed by atoms with Gasteiger partial charge in [-0.1, -0.05) is 176 Å². The van der Waals surface area contributed by atoms with Crippen LogP contribution in [0.4, 0.5) is 22.7 Å². The Labute approximate surface area is 330 Å². The van der Waals surface area contributed by atoms with Gasteiger partial charge in [-0.2, -0.15) is 0 Å². The topological polar surface area (TPSA) is 15.3 Å². The van der Waals surface area contributed by atoms with Crippen molar-refractivity contribution in [1.29, 1.82) is 0 Å². The third-order valence-electron chi connectivity index (χ3n) is 10.6. The molecule has 1 unspecified atom stereocenters. The van der Waals surface area contributed by atoms with E-state index in [2.05, 4.69) is 235 Å². The van der Waals surface area contributed by atoms with Gasteiger partial charge in [0.05, 0.1) is 6.04 Å². The summed E-state index contributed by atoms with van der Waals surface area (Å²) in [5.74, 6) is 0. The summed E-state index contributed by atoms with van der Waals surface area (Å²) in [4.78, 5) is 2.48. The quantitative estimate of drug-likeness (QED) is 0.151. The zero-order valence-electron chi connectivity index (χ0n) is 31.2. The normalized spacial score (nSPS) is 13.3. The molecular weight excluding hydrogens is 677 g/mol. The van der Waals surface area contributed by atoms with Gasteiger partial charge in [-0.3, -0.25) is 0 Å². The first-order valence-corrected chi connectivity index (χ1v) is 19.4. The van der Waals surface area contributed by atoms with Crippen LogP contribution in [-0.2, 0) is 0 Å². The molecule has 9 rings (SSSR count). The number of hydrogen-bond acceptors (Lipinski definition) is 2. The monoisotopic (exact) mass is 718 g/mol. The predicted molar refractivity (Wildman–Crippen MR) is 239 cm³/mol. The van der Waals surface area contributed by atoms with Crippen molar-refractivity contribution in [3.8, 4) is 55.6 Å². The SMILES string of the molecule is C1=CCC(N(c2ccc(-c3ccccc3)cc2)c2ccc(-c3cccc(-c4ccc(Nc5ccccc5)cc4-c4ccccc4)c3)c(-c3ccccc3)c2)C=C1. The number of anilines is 4. The highest BCUT2D eigenvalue weighted by molar-refractivity contribution is 5.91. The summed E-state index contributed by atoms with van der Waals surface area (Å²) in [6, 6.07) is 74.4. The second kappa shape index (κ2) is 16.1. The average molecular weight is 719 g/mol. The number of para-hydroxylation sites is 1. The molecule has 0 heterocycles. The summed E-state index contributed by atoms with van der Waals surface area (Å²) in [5, 5.41) is 3.60. The molecule has 1 aliphatic rings. The highest BCUT2D eigenvalue weighted by atomic mass is 15.2. The molecule has 2 nitrogen and oxygen atoms in total. The van der Waals surface area contributed by atoms with E-state index in [9.17, 15) is 0 Å². The second-order valence-electron chi connectivity index (χ2n) is 14.2. The van der Waals surface area contributed by atoms with Crippen LogP contribution >= 0.6 is 0 Å². The largest absolute Gasteiger partial charge is 0.356 e. The molecule has 0 amide bonds. The lowest BCUT2D eigenvalue weighted by Gasteiger charge is -2.33. The number of allylic oxidation sites excluding steroid dienone is 2. The molecule has 0 bridgehead atoms.